The van der Waals surface area contributed by atoms with Crippen LogP contribution in [0.4, 0.5) is 0 Å². The summed E-state index contributed by atoms with van der Waals surface area (Å²) in [6.07, 6.45) is 5.64. The summed E-state index contributed by atoms with van der Waals surface area (Å²) in [5.74, 6) is 1.28. The predicted octanol–water partition coefficient (Wildman–Crippen LogP) is 3.89. The maximum Gasteiger partial charge on any atom is 0.240 e. The van der Waals surface area contributed by atoms with Gasteiger partial charge in [0.1, 0.15) is 6.10 Å². The van der Waals surface area contributed by atoms with Gasteiger partial charge in [-0.05, 0) is 31.2 Å². The Morgan fingerprint density at radius 3 is 2.79 bits per heavy atom. The lowest BCUT2D eigenvalue weighted by molar-refractivity contribution is -0.0137. The Labute approximate surface area is 142 Å². The molecule has 6 nitrogen and oxygen atoms in total. The summed E-state index contributed by atoms with van der Waals surface area (Å²) in [6, 6.07) is 1.99. The van der Waals surface area contributed by atoms with Gasteiger partial charge in [-0.3, -0.25) is 4.68 Å². The molecular weight excluding hydrogens is 304 g/mol. The third-order valence-electron chi connectivity index (χ3n) is 4.77. The van der Waals surface area contributed by atoms with Crippen LogP contribution in [-0.2, 0) is 11.8 Å². The number of aromatic nitrogens is 4. The quantitative estimate of drug-likeness (QED) is 0.854. The first-order valence-corrected chi connectivity index (χ1v) is 8.48. The summed E-state index contributed by atoms with van der Waals surface area (Å²) in [5, 5.41) is 12.8. The second-order valence-corrected chi connectivity index (χ2v) is 7.48. The molecular formula is C18H26N4O2. The number of ether oxygens (including phenoxy) is 1. The van der Waals surface area contributed by atoms with Gasteiger partial charge in [-0.25, -0.2) is 0 Å². The molecule has 0 saturated carbocycles. The van der Waals surface area contributed by atoms with Crippen molar-refractivity contribution in [3.8, 4) is 0 Å². The maximum absolute atomic E-state index is 6.01. The van der Waals surface area contributed by atoms with Gasteiger partial charge in [0.05, 0.1) is 11.6 Å². The second kappa shape index (κ2) is 6.51. The van der Waals surface area contributed by atoms with Gasteiger partial charge >= 0.3 is 0 Å². The first-order chi connectivity index (χ1) is 11.4. The molecule has 6 heteroatoms. The maximum atomic E-state index is 6.01. The number of rotatable bonds is 3. The Bertz CT molecular complexity index is 723. The summed E-state index contributed by atoms with van der Waals surface area (Å²) in [7, 11) is 1.93. The minimum absolute atomic E-state index is 0.0683. The van der Waals surface area contributed by atoms with Crippen molar-refractivity contribution >= 4 is 6.08 Å². The summed E-state index contributed by atoms with van der Waals surface area (Å²) < 4.78 is 13.8. The number of hydrogen-bond acceptors (Lipinski definition) is 5. The van der Waals surface area contributed by atoms with E-state index in [1.54, 1.807) is 6.20 Å². The van der Waals surface area contributed by atoms with Crippen LogP contribution in [-0.4, -0.2) is 26.6 Å². The van der Waals surface area contributed by atoms with E-state index in [9.17, 15) is 0 Å². The predicted molar refractivity (Wildman–Crippen MR) is 91.3 cm³/mol. The lowest BCUT2D eigenvalue weighted by Gasteiger charge is -2.29. The highest BCUT2D eigenvalue weighted by Crippen LogP contribution is 2.40. The van der Waals surface area contributed by atoms with Crippen LogP contribution < -0.4 is 0 Å². The largest absolute Gasteiger partial charge is 0.421 e. The summed E-state index contributed by atoms with van der Waals surface area (Å²) in [5.41, 5.74) is 2.33. The molecule has 3 heterocycles. The van der Waals surface area contributed by atoms with E-state index >= 15 is 0 Å². The van der Waals surface area contributed by atoms with Crippen LogP contribution in [0, 0.1) is 5.41 Å². The molecule has 0 aliphatic carbocycles. The molecule has 1 aliphatic heterocycles. The lowest BCUT2D eigenvalue weighted by Crippen LogP contribution is -2.23. The summed E-state index contributed by atoms with van der Waals surface area (Å²) >= 11 is 0. The van der Waals surface area contributed by atoms with Crippen molar-refractivity contribution < 1.29 is 9.15 Å². The van der Waals surface area contributed by atoms with Crippen LogP contribution in [0.1, 0.15) is 70.0 Å². The molecule has 0 spiro atoms. The zero-order chi connectivity index (χ0) is 17.3. The Morgan fingerprint density at radius 2 is 2.12 bits per heavy atom. The minimum atomic E-state index is -0.0905. The average molecular weight is 330 g/mol. The molecule has 0 aromatic carbocycles. The van der Waals surface area contributed by atoms with Crippen molar-refractivity contribution in [1.29, 1.82) is 0 Å². The Morgan fingerprint density at radius 1 is 1.33 bits per heavy atom. The van der Waals surface area contributed by atoms with Crippen LogP contribution in [0.25, 0.3) is 6.08 Å². The van der Waals surface area contributed by atoms with E-state index in [0.29, 0.717) is 11.8 Å². The first kappa shape index (κ1) is 16.9. The number of hydrogen-bond donors (Lipinski definition) is 0. The van der Waals surface area contributed by atoms with E-state index < -0.39 is 0 Å². The van der Waals surface area contributed by atoms with Gasteiger partial charge in [-0.15, -0.1) is 10.2 Å². The fraction of sp³-hybridized carbons (Fsp3) is 0.611. The molecule has 1 aliphatic rings. The van der Waals surface area contributed by atoms with Crippen LogP contribution in [0.3, 0.4) is 0 Å². The van der Waals surface area contributed by atoms with Crippen LogP contribution in [0.5, 0.6) is 0 Å². The molecule has 130 valence electrons. The molecule has 3 rings (SSSR count). The van der Waals surface area contributed by atoms with Crippen molar-refractivity contribution in [2.75, 3.05) is 6.61 Å². The zero-order valence-corrected chi connectivity index (χ0v) is 15.1. The molecule has 2 aromatic rings. The van der Waals surface area contributed by atoms with Crippen molar-refractivity contribution in [1.82, 2.24) is 20.0 Å². The Kier molecular flexibility index (Phi) is 4.58. The average Bonchev–Trinajstić information content (AvgIpc) is 3.15. The van der Waals surface area contributed by atoms with Gasteiger partial charge in [0.2, 0.25) is 11.8 Å². The number of nitrogens with zero attached hydrogens (tertiary/aromatic N) is 4. The van der Waals surface area contributed by atoms with Crippen LogP contribution in [0.15, 0.2) is 22.3 Å². The van der Waals surface area contributed by atoms with Gasteiger partial charge in [0, 0.05) is 25.9 Å². The van der Waals surface area contributed by atoms with Crippen molar-refractivity contribution in [3.05, 3.63) is 35.3 Å². The molecule has 0 unspecified atom stereocenters. The monoisotopic (exact) mass is 330 g/mol. The first-order valence-electron chi connectivity index (χ1n) is 8.48. The van der Waals surface area contributed by atoms with Gasteiger partial charge in [0.25, 0.3) is 0 Å². The van der Waals surface area contributed by atoms with E-state index in [-0.39, 0.29) is 17.4 Å². The van der Waals surface area contributed by atoms with Crippen molar-refractivity contribution in [2.24, 2.45) is 12.5 Å². The smallest absolute Gasteiger partial charge is 0.240 e. The van der Waals surface area contributed by atoms with E-state index in [2.05, 4.69) is 43.0 Å². The van der Waals surface area contributed by atoms with E-state index in [0.717, 1.165) is 25.1 Å². The van der Waals surface area contributed by atoms with Gasteiger partial charge in [-0.2, -0.15) is 5.10 Å². The standard InChI is InChI=1S/C18H26N4O2/c1-12(18(2,3)4)11-15-20-21-17(24-15)13-7-6-10-23-16(13)14-8-9-19-22(14)5/h8-9,11,13,16H,6-7,10H2,1-5H3/b12-11+/t13-,16-/m1/s1. The molecule has 0 amide bonds. The molecule has 1 saturated heterocycles. The number of aryl methyl sites for hydroxylation is 1. The van der Waals surface area contributed by atoms with Gasteiger partial charge < -0.3 is 9.15 Å². The van der Waals surface area contributed by atoms with E-state index in [4.69, 9.17) is 9.15 Å². The molecule has 0 N–H and O–H groups in total. The zero-order valence-electron chi connectivity index (χ0n) is 15.1. The SMILES string of the molecule is C/C(=C\c1nnc([C@@H]2CCCO[C@H]2c2ccnn2C)o1)C(C)(C)C. The van der Waals surface area contributed by atoms with Crippen molar-refractivity contribution in [2.45, 2.75) is 52.6 Å². The van der Waals surface area contributed by atoms with E-state index in [1.165, 1.54) is 5.57 Å². The fourth-order valence-corrected chi connectivity index (χ4v) is 2.85. The Balaban J connectivity index is 1.86. The third kappa shape index (κ3) is 3.43. The molecule has 2 atom stereocenters. The molecule has 0 bridgehead atoms. The van der Waals surface area contributed by atoms with Crippen molar-refractivity contribution in [3.63, 3.8) is 0 Å². The summed E-state index contributed by atoms with van der Waals surface area (Å²) in [6.45, 7) is 9.35. The number of allylic oxidation sites excluding steroid dienone is 1. The molecule has 0 radical (unpaired) electrons. The minimum Gasteiger partial charge on any atom is -0.421 e. The normalized spacial score (nSPS) is 22.8. The van der Waals surface area contributed by atoms with Gasteiger partial charge in [-0.1, -0.05) is 26.3 Å². The fourth-order valence-electron chi connectivity index (χ4n) is 2.85. The summed E-state index contributed by atoms with van der Waals surface area (Å²) in [4.78, 5) is 0. The highest BCUT2D eigenvalue weighted by atomic mass is 16.5. The topological polar surface area (TPSA) is 66.0 Å². The highest BCUT2D eigenvalue weighted by Gasteiger charge is 2.34. The Hall–Kier alpha value is -1.95. The molecule has 24 heavy (non-hydrogen) atoms. The molecule has 1 fully saturated rings. The lowest BCUT2D eigenvalue weighted by atomic mass is 9.87. The second-order valence-electron chi connectivity index (χ2n) is 7.48. The van der Waals surface area contributed by atoms with Gasteiger partial charge in [0.15, 0.2) is 0 Å². The van der Waals surface area contributed by atoms with Crippen LogP contribution >= 0.6 is 0 Å². The third-order valence-corrected chi connectivity index (χ3v) is 4.77. The van der Waals surface area contributed by atoms with Crippen LogP contribution in [0.2, 0.25) is 0 Å². The molecule has 2 aromatic heterocycles. The van der Waals surface area contributed by atoms with E-state index in [1.807, 2.05) is 23.9 Å². The highest BCUT2D eigenvalue weighted by molar-refractivity contribution is 5.44.